The Morgan fingerprint density at radius 1 is 1.50 bits per heavy atom. The number of carbonyl (C=O) groups excluding carboxylic acids is 1. The number of hydrogen-bond donors (Lipinski definition) is 1. The second-order valence-corrected chi connectivity index (χ2v) is 10.3. The van der Waals surface area contributed by atoms with Gasteiger partial charge in [-0.05, 0) is 48.6 Å². The maximum Gasteiger partial charge on any atom is 0.239 e. The van der Waals surface area contributed by atoms with E-state index in [9.17, 15) is 10.1 Å². The van der Waals surface area contributed by atoms with Crippen LogP contribution in [-0.4, -0.2) is 21.1 Å². The summed E-state index contributed by atoms with van der Waals surface area (Å²) in [6, 6.07) is 4.28. The van der Waals surface area contributed by atoms with E-state index in [4.69, 9.17) is 4.98 Å². The lowest BCUT2D eigenvalue weighted by molar-refractivity contribution is -0.115. The van der Waals surface area contributed by atoms with Gasteiger partial charge in [0.15, 0.2) is 5.13 Å². The lowest BCUT2D eigenvalue weighted by Crippen LogP contribution is -2.28. The summed E-state index contributed by atoms with van der Waals surface area (Å²) in [4.78, 5) is 21.5. The van der Waals surface area contributed by atoms with Gasteiger partial charge in [0.1, 0.15) is 11.1 Å². The van der Waals surface area contributed by atoms with Crippen LogP contribution in [0.15, 0.2) is 22.7 Å². The molecule has 0 saturated carbocycles. The Bertz CT molecular complexity index is 881. The normalized spacial score (nSPS) is 17.5. The van der Waals surface area contributed by atoms with Crippen LogP contribution in [0.25, 0.3) is 0 Å². The van der Waals surface area contributed by atoms with E-state index >= 15 is 0 Å². The van der Waals surface area contributed by atoms with Gasteiger partial charge in [-0.25, -0.2) is 9.97 Å². The third kappa shape index (κ3) is 4.73. The predicted molar refractivity (Wildman–Crippen MR) is 115 cm³/mol. The van der Waals surface area contributed by atoms with E-state index in [1.54, 1.807) is 6.20 Å². The lowest BCUT2D eigenvalue weighted by Gasteiger charge is -2.34. The Labute approximate surface area is 175 Å². The van der Waals surface area contributed by atoms with Crippen LogP contribution in [0.5, 0.6) is 0 Å². The zero-order valence-corrected chi connectivity index (χ0v) is 18.4. The van der Waals surface area contributed by atoms with Crippen LogP contribution in [-0.2, 0) is 17.6 Å². The fourth-order valence-corrected chi connectivity index (χ4v) is 5.01. The highest BCUT2D eigenvalue weighted by atomic mass is 32.2. The second-order valence-electron chi connectivity index (χ2n) is 8.21. The topological polar surface area (TPSA) is 78.7 Å². The quantitative estimate of drug-likeness (QED) is 0.691. The summed E-state index contributed by atoms with van der Waals surface area (Å²) in [5.41, 5.74) is 3.09. The number of amides is 1. The van der Waals surface area contributed by atoms with Crippen LogP contribution in [0.1, 0.15) is 57.4 Å². The number of aryl methyl sites for hydroxylation is 1. The van der Waals surface area contributed by atoms with Crippen LogP contribution in [0.2, 0.25) is 0 Å². The van der Waals surface area contributed by atoms with Crippen LogP contribution in [0.3, 0.4) is 0 Å². The molecule has 148 valence electrons. The van der Waals surface area contributed by atoms with Crippen molar-refractivity contribution in [3.05, 3.63) is 34.5 Å². The first kappa shape index (κ1) is 20.8. The number of rotatable bonds is 5. The molecule has 1 amide bonds. The molecule has 2 aromatic rings. The fourth-order valence-electron chi connectivity index (χ4n) is 3.48. The Balaban J connectivity index is 1.80. The van der Waals surface area contributed by atoms with Crippen LogP contribution >= 0.6 is 23.1 Å². The molecule has 28 heavy (non-hydrogen) atoms. The van der Waals surface area contributed by atoms with Gasteiger partial charge in [0.25, 0.3) is 0 Å². The molecule has 1 N–H and O–H groups in total. The average Bonchev–Trinajstić information content (AvgIpc) is 3.17. The first-order valence-corrected chi connectivity index (χ1v) is 11.4. The van der Waals surface area contributed by atoms with Gasteiger partial charge in [-0.3, -0.25) is 4.79 Å². The molecule has 0 bridgehead atoms. The molecule has 2 heterocycles. The minimum absolute atomic E-state index is 0.0985. The smallest absolute Gasteiger partial charge is 0.239 e. The number of thiazole rings is 1. The molecule has 2 aromatic heterocycles. The molecular weight excluding hydrogens is 388 g/mol. The highest BCUT2D eigenvalue weighted by Crippen LogP contribution is 2.38. The number of aromatic nitrogens is 2. The van der Waals surface area contributed by atoms with Gasteiger partial charge in [-0.2, -0.15) is 5.26 Å². The largest absolute Gasteiger partial charge is 0.301 e. The third-order valence-electron chi connectivity index (χ3n) is 5.28. The lowest BCUT2D eigenvalue weighted by atomic mass is 9.71. The van der Waals surface area contributed by atoms with Crippen LogP contribution in [0.4, 0.5) is 5.13 Å². The summed E-state index contributed by atoms with van der Waals surface area (Å²) in [6.45, 7) is 8.80. The zero-order valence-electron chi connectivity index (χ0n) is 16.8. The maximum absolute atomic E-state index is 12.6. The Hall–Kier alpha value is -1.91. The van der Waals surface area contributed by atoms with Gasteiger partial charge in [0.05, 0.1) is 10.8 Å². The molecule has 0 fully saturated rings. The van der Waals surface area contributed by atoms with Gasteiger partial charge >= 0.3 is 0 Å². The van der Waals surface area contributed by atoms with Crippen molar-refractivity contribution >= 4 is 34.1 Å². The summed E-state index contributed by atoms with van der Waals surface area (Å²) in [5, 5.41) is 15.3. The Kier molecular flexibility index (Phi) is 6.41. The SMILES string of the molecule is CCC(Sc1nc2c(cc1C#N)CC(C(C)(C)C)CC2)C(=O)Nc1nccs1. The van der Waals surface area contributed by atoms with Crippen molar-refractivity contribution < 1.29 is 4.79 Å². The molecule has 2 unspecified atom stereocenters. The van der Waals surface area contributed by atoms with Crippen molar-refractivity contribution in [2.24, 2.45) is 11.3 Å². The van der Waals surface area contributed by atoms with E-state index < -0.39 is 0 Å². The number of nitrogens with zero attached hydrogens (tertiary/aromatic N) is 3. The highest BCUT2D eigenvalue weighted by Gasteiger charge is 2.30. The number of carbonyl (C=O) groups is 1. The molecule has 0 spiro atoms. The molecule has 0 aliphatic heterocycles. The molecule has 0 radical (unpaired) electrons. The minimum Gasteiger partial charge on any atom is -0.301 e. The van der Waals surface area contributed by atoms with Crippen molar-refractivity contribution in [3.63, 3.8) is 0 Å². The van der Waals surface area contributed by atoms with E-state index in [0.717, 1.165) is 25.0 Å². The van der Waals surface area contributed by atoms with Crippen molar-refractivity contribution in [2.75, 3.05) is 5.32 Å². The number of thioether (sulfide) groups is 1. The Morgan fingerprint density at radius 3 is 2.89 bits per heavy atom. The molecule has 3 rings (SSSR count). The number of fused-ring (bicyclic) bond motifs is 1. The molecule has 1 aliphatic carbocycles. The number of nitrogens with one attached hydrogen (secondary N) is 1. The number of hydrogen-bond acceptors (Lipinski definition) is 6. The van der Waals surface area contributed by atoms with Crippen molar-refractivity contribution in [3.8, 4) is 6.07 Å². The van der Waals surface area contributed by atoms with Gasteiger partial charge in [0, 0.05) is 17.3 Å². The molecule has 1 aliphatic rings. The molecule has 0 saturated heterocycles. The third-order valence-corrected chi connectivity index (χ3v) is 7.33. The molecule has 0 aromatic carbocycles. The van der Waals surface area contributed by atoms with E-state index in [1.165, 1.54) is 28.7 Å². The summed E-state index contributed by atoms with van der Waals surface area (Å²) < 4.78 is 0. The predicted octanol–water partition coefficient (Wildman–Crippen LogP) is 5.07. The maximum atomic E-state index is 12.6. The van der Waals surface area contributed by atoms with Gasteiger partial charge in [-0.1, -0.05) is 39.5 Å². The zero-order chi connectivity index (χ0) is 20.3. The monoisotopic (exact) mass is 414 g/mol. The van der Waals surface area contributed by atoms with Crippen molar-refractivity contribution in [1.29, 1.82) is 5.26 Å². The van der Waals surface area contributed by atoms with Crippen LogP contribution in [0, 0.1) is 22.7 Å². The summed E-state index contributed by atoms with van der Waals surface area (Å²) >= 11 is 2.77. The summed E-state index contributed by atoms with van der Waals surface area (Å²) in [6.07, 6.45) is 5.32. The van der Waals surface area contributed by atoms with Crippen LogP contribution < -0.4 is 5.32 Å². The van der Waals surface area contributed by atoms with Crippen molar-refractivity contribution in [1.82, 2.24) is 9.97 Å². The van der Waals surface area contributed by atoms with E-state index in [1.807, 2.05) is 18.4 Å². The number of nitriles is 1. The fraction of sp³-hybridized carbons (Fsp3) is 0.524. The van der Waals surface area contributed by atoms with Gasteiger partial charge in [-0.15, -0.1) is 11.3 Å². The van der Waals surface area contributed by atoms with E-state index in [-0.39, 0.29) is 16.6 Å². The summed E-state index contributed by atoms with van der Waals surface area (Å²) in [5.74, 6) is 0.498. The number of anilines is 1. The molecule has 7 heteroatoms. The summed E-state index contributed by atoms with van der Waals surface area (Å²) in [7, 11) is 0. The Morgan fingerprint density at radius 2 is 2.29 bits per heavy atom. The average molecular weight is 415 g/mol. The number of pyridine rings is 1. The second kappa shape index (κ2) is 8.62. The molecular formula is C21H26N4OS2. The first-order valence-electron chi connectivity index (χ1n) is 9.61. The van der Waals surface area contributed by atoms with Gasteiger partial charge in [0.2, 0.25) is 5.91 Å². The highest BCUT2D eigenvalue weighted by molar-refractivity contribution is 8.00. The first-order chi connectivity index (χ1) is 13.3. The standard InChI is InChI=1S/C21H26N4OS2/c1-5-17(18(26)25-20-23-8-9-27-20)28-19-14(12-22)10-13-11-15(21(2,3)4)6-7-16(13)24-19/h8-10,15,17H,5-7,11H2,1-4H3,(H,23,25,26). The minimum atomic E-state index is -0.313. The van der Waals surface area contributed by atoms with E-state index in [0.29, 0.717) is 28.1 Å². The molecule has 5 nitrogen and oxygen atoms in total. The van der Waals surface area contributed by atoms with Gasteiger partial charge < -0.3 is 5.32 Å². The van der Waals surface area contributed by atoms with E-state index in [2.05, 4.69) is 37.1 Å². The van der Waals surface area contributed by atoms with Crippen molar-refractivity contribution in [2.45, 2.75) is 63.7 Å². The molecule has 2 atom stereocenters.